The number of nitrogens with two attached hydrogens (primary N) is 1. The summed E-state index contributed by atoms with van der Waals surface area (Å²) in [6.45, 7) is 3.02. The van der Waals surface area contributed by atoms with Gasteiger partial charge in [0.1, 0.15) is 5.69 Å². The van der Waals surface area contributed by atoms with Crippen LogP contribution in [0.25, 0.3) is 0 Å². The summed E-state index contributed by atoms with van der Waals surface area (Å²) in [7, 11) is 0. The van der Waals surface area contributed by atoms with Gasteiger partial charge in [-0.05, 0) is 44.0 Å². The van der Waals surface area contributed by atoms with Crippen LogP contribution in [0.3, 0.4) is 0 Å². The van der Waals surface area contributed by atoms with Crippen molar-refractivity contribution in [1.82, 2.24) is 9.88 Å². The molecule has 2 heterocycles. The highest BCUT2D eigenvalue weighted by molar-refractivity contribution is 5.95. The number of rotatable bonds is 5. The lowest BCUT2D eigenvalue weighted by Crippen LogP contribution is -2.42. The summed E-state index contributed by atoms with van der Waals surface area (Å²) in [5.74, 6) is -0.200. The molecule has 3 N–H and O–H groups in total. The Morgan fingerprint density at radius 1 is 1.33 bits per heavy atom. The summed E-state index contributed by atoms with van der Waals surface area (Å²) < 4.78 is 0. The molecule has 1 aromatic carbocycles. The fraction of sp³-hybridized carbons (Fsp3) is 0.368. The molecule has 1 aliphatic heterocycles. The van der Waals surface area contributed by atoms with Gasteiger partial charge in [-0.25, -0.2) is 0 Å². The first-order valence-electron chi connectivity index (χ1n) is 8.96. The second-order valence-electron chi connectivity index (χ2n) is 6.74. The van der Waals surface area contributed by atoms with Gasteiger partial charge in [-0.3, -0.25) is 19.9 Å². The molecule has 3 rings (SSSR count). The molecule has 1 atom stereocenters. The first-order chi connectivity index (χ1) is 13.0. The van der Waals surface area contributed by atoms with Gasteiger partial charge in [0, 0.05) is 37.0 Å². The minimum absolute atomic E-state index is 0.114. The molecule has 1 saturated heterocycles. The molecule has 0 bridgehead atoms. The van der Waals surface area contributed by atoms with Crippen LogP contribution in [0, 0.1) is 10.1 Å². The van der Waals surface area contributed by atoms with E-state index in [4.69, 9.17) is 5.73 Å². The molecular weight excluding hydrogens is 346 g/mol. The lowest BCUT2D eigenvalue weighted by atomic mass is 10.0. The zero-order chi connectivity index (χ0) is 19.4. The summed E-state index contributed by atoms with van der Waals surface area (Å²) in [6, 6.07) is 9.97. The lowest BCUT2D eigenvalue weighted by Gasteiger charge is -2.30. The Kier molecular flexibility index (Phi) is 5.66. The molecular formula is C19H23N5O3. The molecule has 2 aromatic rings. The number of aromatic nitrogens is 1. The van der Waals surface area contributed by atoms with Crippen molar-refractivity contribution in [2.24, 2.45) is 5.73 Å². The number of anilines is 1. The quantitative estimate of drug-likeness (QED) is 0.619. The normalized spacial score (nSPS) is 16.0. The number of amides is 1. The van der Waals surface area contributed by atoms with Crippen LogP contribution in [0.15, 0.2) is 42.6 Å². The molecule has 0 aliphatic carbocycles. The molecule has 1 aliphatic rings. The molecule has 1 fully saturated rings. The highest BCUT2D eigenvalue weighted by Gasteiger charge is 2.25. The van der Waals surface area contributed by atoms with Gasteiger partial charge in [0.15, 0.2) is 0 Å². The smallest absolute Gasteiger partial charge is 0.293 e. The van der Waals surface area contributed by atoms with Crippen LogP contribution in [0.4, 0.5) is 11.4 Å². The van der Waals surface area contributed by atoms with E-state index in [2.05, 4.69) is 10.3 Å². The molecule has 1 amide bonds. The van der Waals surface area contributed by atoms with E-state index < -0.39 is 4.92 Å². The minimum Gasteiger partial charge on any atom is -0.371 e. The van der Waals surface area contributed by atoms with E-state index in [9.17, 15) is 14.9 Å². The molecule has 142 valence electrons. The van der Waals surface area contributed by atoms with Crippen molar-refractivity contribution in [1.29, 1.82) is 0 Å². The number of nitrogens with one attached hydrogen (secondary N) is 1. The number of hydrogen-bond acceptors (Lipinski definition) is 6. The number of hydrogen-bond donors (Lipinski definition) is 2. The van der Waals surface area contributed by atoms with Crippen molar-refractivity contribution >= 4 is 17.3 Å². The van der Waals surface area contributed by atoms with Gasteiger partial charge in [-0.2, -0.15) is 0 Å². The maximum absolute atomic E-state index is 12.7. The van der Waals surface area contributed by atoms with E-state index in [1.807, 2.05) is 25.1 Å². The first-order valence-corrected chi connectivity index (χ1v) is 8.96. The molecule has 0 saturated carbocycles. The van der Waals surface area contributed by atoms with Gasteiger partial charge in [-0.15, -0.1) is 0 Å². The third kappa shape index (κ3) is 4.40. The van der Waals surface area contributed by atoms with Crippen molar-refractivity contribution in [3.05, 3.63) is 64.0 Å². The summed E-state index contributed by atoms with van der Waals surface area (Å²) in [6.07, 6.45) is 3.17. The van der Waals surface area contributed by atoms with Crippen molar-refractivity contribution in [3.63, 3.8) is 0 Å². The van der Waals surface area contributed by atoms with Crippen molar-refractivity contribution in [2.75, 3.05) is 18.4 Å². The predicted molar refractivity (Wildman–Crippen MR) is 102 cm³/mol. The fourth-order valence-corrected chi connectivity index (χ4v) is 3.16. The maximum Gasteiger partial charge on any atom is 0.293 e. The molecule has 8 nitrogen and oxygen atoms in total. The van der Waals surface area contributed by atoms with Crippen LogP contribution >= 0.6 is 0 Å². The number of carbonyl (C=O) groups excluding carboxylic acids is 1. The van der Waals surface area contributed by atoms with Crippen molar-refractivity contribution in [3.8, 4) is 0 Å². The van der Waals surface area contributed by atoms with Gasteiger partial charge in [-0.1, -0.05) is 6.07 Å². The Hall–Kier alpha value is -3.00. The Labute approximate surface area is 157 Å². The van der Waals surface area contributed by atoms with E-state index in [1.165, 1.54) is 6.07 Å². The van der Waals surface area contributed by atoms with E-state index in [-0.39, 0.29) is 23.7 Å². The van der Waals surface area contributed by atoms with E-state index >= 15 is 0 Å². The number of benzene rings is 1. The Morgan fingerprint density at radius 3 is 2.70 bits per heavy atom. The predicted octanol–water partition coefficient (Wildman–Crippen LogP) is 2.73. The SMILES string of the molecule is CC(Nc1ccc(C(=O)N2CCC(N)CC2)cc1[N+](=O)[O-])c1ccccn1. The van der Waals surface area contributed by atoms with Crippen LogP contribution in [0.5, 0.6) is 0 Å². The van der Waals surface area contributed by atoms with E-state index in [1.54, 1.807) is 23.2 Å². The largest absolute Gasteiger partial charge is 0.371 e. The van der Waals surface area contributed by atoms with Gasteiger partial charge >= 0.3 is 0 Å². The van der Waals surface area contributed by atoms with E-state index in [0.717, 1.165) is 18.5 Å². The standard InChI is InChI=1S/C19H23N5O3/c1-13(16-4-2-3-9-21-16)22-17-6-5-14(12-18(17)24(26)27)19(25)23-10-7-15(20)8-11-23/h2-6,9,12-13,15,22H,7-8,10-11,20H2,1H3. The van der Waals surface area contributed by atoms with Crippen LogP contribution in [0.2, 0.25) is 0 Å². The molecule has 27 heavy (non-hydrogen) atoms. The van der Waals surface area contributed by atoms with E-state index in [0.29, 0.717) is 24.3 Å². The third-order valence-electron chi connectivity index (χ3n) is 4.77. The van der Waals surface area contributed by atoms with Crippen molar-refractivity contribution in [2.45, 2.75) is 31.8 Å². The molecule has 1 aromatic heterocycles. The topological polar surface area (TPSA) is 114 Å². The number of nitro groups is 1. The molecule has 1 unspecified atom stereocenters. The lowest BCUT2D eigenvalue weighted by molar-refractivity contribution is -0.384. The molecule has 8 heteroatoms. The monoisotopic (exact) mass is 369 g/mol. The second-order valence-corrected chi connectivity index (χ2v) is 6.74. The number of nitrogens with zero attached hydrogens (tertiary/aromatic N) is 3. The summed E-state index contributed by atoms with van der Waals surface area (Å²) >= 11 is 0. The maximum atomic E-state index is 12.7. The zero-order valence-electron chi connectivity index (χ0n) is 15.2. The number of likely N-dealkylation sites (tertiary alicyclic amines) is 1. The average Bonchev–Trinajstić information content (AvgIpc) is 2.69. The minimum atomic E-state index is -0.476. The summed E-state index contributed by atoms with van der Waals surface area (Å²) in [5.41, 5.74) is 7.19. The Morgan fingerprint density at radius 2 is 2.07 bits per heavy atom. The van der Waals surface area contributed by atoms with Gasteiger partial charge in [0.05, 0.1) is 16.7 Å². The zero-order valence-corrected chi connectivity index (χ0v) is 15.2. The number of piperidine rings is 1. The third-order valence-corrected chi connectivity index (χ3v) is 4.77. The number of pyridine rings is 1. The van der Waals surface area contributed by atoms with Gasteiger partial charge in [0.2, 0.25) is 0 Å². The molecule has 0 radical (unpaired) electrons. The fourth-order valence-electron chi connectivity index (χ4n) is 3.16. The van der Waals surface area contributed by atoms with Crippen LogP contribution < -0.4 is 11.1 Å². The van der Waals surface area contributed by atoms with Crippen LogP contribution in [-0.2, 0) is 0 Å². The Bertz CT molecular complexity index is 819. The van der Waals surface area contributed by atoms with Crippen molar-refractivity contribution < 1.29 is 9.72 Å². The van der Waals surface area contributed by atoms with Crippen LogP contribution in [-0.4, -0.2) is 39.8 Å². The highest BCUT2D eigenvalue weighted by atomic mass is 16.6. The highest BCUT2D eigenvalue weighted by Crippen LogP contribution is 2.29. The van der Waals surface area contributed by atoms with Crippen LogP contribution in [0.1, 0.15) is 41.9 Å². The number of carbonyl (C=O) groups is 1. The summed E-state index contributed by atoms with van der Waals surface area (Å²) in [5, 5.41) is 14.7. The summed E-state index contributed by atoms with van der Waals surface area (Å²) in [4.78, 5) is 29.7. The van der Waals surface area contributed by atoms with Gasteiger partial charge < -0.3 is 16.0 Å². The number of nitro benzene ring substituents is 1. The Balaban J connectivity index is 1.80. The van der Waals surface area contributed by atoms with Gasteiger partial charge in [0.25, 0.3) is 11.6 Å². The second kappa shape index (κ2) is 8.13. The molecule has 0 spiro atoms. The first kappa shape index (κ1) is 18.8. The average molecular weight is 369 g/mol.